The van der Waals surface area contributed by atoms with Crippen LogP contribution in [0, 0.1) is 12.7 Å². The van der Waals surface area contributed by atoms with Gasteiger partial charge >= 0.3 is 5.97 Å². The van der Waals surface area contributed by atoms with Crippen molar-refractivity contribution in [2.75, 3.05) is 0 Å². The van der Waals surface area contributed by atoms with E-state index in [0.717, 1.165) is 0 Å². The lowest BCUT2D eigenvalue weighted by Crippen LogP contribution is -2.14. The molecule has 0 spiro atoms. The smallest absolute Gasteiger partial charge is 0.311 e. The minimum Gasteiger partial charge on any atom is -0.481 e. The van der Waals surface area contributed by atoms with Gasteiger partial charge in [0.25, 0.3) is 0 Å². The molecule has 1 aromatic carbocycles. The second-order valence-corrected chi connectivity index (χ2v) is 3.77. The van der Waals surface area contributed by atoms with Crippen molar-refractivity contribution in [3.63, 3.8) is 0 Å². The van der Waals surface area contributed by atoms with Crippen LogP contribution < -0.4 is 0 Å². The maximum Gasteiger partial charge on any atom is 0.311 e. The van der Waals surface area contributed by atoms with E-state index in [0.29, 0.717) is 17.0 Å². The Kier molecular flexibility index (Phi) is 3.69. The molecule has 0 saturated heterocycles. The Morgan fingerprint density at radius 3 is 2.67 bits per heavy atom. The van der Waals surface area contributed by atoms with Crippen molar-refractivity contribution in [3.8, 4) is 0 Å². The molecule has 0 heterocycles. The van der Waals surface area contributed by atoms with Crippen LogP contribution in [0.15, 0.2) is 12.1 Å². The average Bonchev–Trinajstić information content (AvgIpc) is 2.18. The van der Waals surface area contributed by atoms with Gasteiger partial charge in [-0.25, -0.2) is 4.39 Å². The number of carboxylic acid groups (broad SMARTS) is 1. The molecule has 1 atom stereocenters. The standard InChI is InChI=1S/C11H12ClFO2/c1-3-7(11(14)15)10-6(2)8(12)4-5-9(10)13/h4-5,7H,3H2,1-2H3,(H,14,15). The van der Waals surface area contributed by atoms with Gasteiger partial charge in [0.2, 0.25) is 0 Å². The summed E-state index contributed by atoms with van der Waals surface area (Å²) in [5.74, 6) is -2.36. The Morgan fingerprint density at radius 2 is 2.20 bits per heavy atom. The zero-order chi connectivity index (χ0) is 11.6. The summed E-state index contributed by atoms with van der Waals surface area (Å²) in [7, 11) is 0. The van der Waals surface area contributed by atoms with E-state index in [9.17, 15) is 9.18 Å². The number of hydrogen-bond donors (Lipinski definition) is 1. The van der Waals surface area contributed by atoms with Crippen LogP contribution >= 0.6 is 11.6 Å². The fourth-order valence-electron chi connectivity index (χ4n) is 1.60. The molecule has 0 radical (unpaired) electrons. The fraction of sp³-hybridized carbons (Fsp3) is 0.364. The van der Waals surface area contributed by atoms with Crippen molar-refractivity contribution in [2.45, 2.75) is 26.2 Å². The van der Waals surface area contributed by atoms with Gasteiger partial charge in [0.1, 0.15) is 5.82 Å². The zero-order valence-electron chi connectivity index (χ0n) is 8.55. The van der Waals surface area contributed by atoms with Gasteiger partial charge in [0.05, 0.1) is 5.92 Å². The Morgan fingerprint density at radius 1 is 1.60 bits per heavy atom. The van der Waals surface area contributed by atoms with Crippen LogP contribution in [0.1, 0.15) is 30.4 Å². The Balaban J connectivity index is 3.34. The monoisotopic (exact) mass is 230 g/mol. The van der Waals surface area contributed by atoms with E-state index in [1.807, 2.05) is 0 Å². The van der Waals surface area contributed by atoms with Crippen LogP contribution in [0.2, 0.25) is 5.02 Å². The Hall–Kier alpha value is -1.09. The van der Waals surface area contributed by atoms with E-state index in [2.05, 4.69) is 0 Å². The highest BCUT2D eigenvalue weighted by atomic mass is 35.5. The number of carbonyl (C=O) groups is 1. The number of rotatable bonds is 3. The minimum atomic E-state index is -1.03. The largest absolute Gasteiger partial charge is 0.481 e. The molecule has 0 saturated carbocycles. The Labute approximate surface area is 92.7 Å². The molecule has 0 aromatic heterocycles. The van der Waals surface area contributed by atoms with Crippen LogP contribution in [0.25, 0.3) is 0 Å². The SMILES string of the molecule is CCC(C(=O)O)c1c(F)ccc(Cl)c1C. The average molecular weight is 231 g/mol. The van der Waals surface area contributed by atoms with Crippen molar-refractivity contribution >= 4 is 17.6 Å². The first-order chi connectivity index (χ1) is 6.99. The number of hydrogen-bond acceptors (Lipinski definition) is 1. The third-order valence-electron chi connectivity index (χ3n) is 2.45. The van der Waals surface area contributed by atoms with E-state index in [1.165, 1.54) is 12.1 Å². The molecule has 15 heavy (non-hydrogen) atoms. The lowest BCUT2D eigenvalue weighted by molar-refractivity contribution is -0.138. The third-order valence-corrected chi connectivity index (χ3v) is 2.86. The van der Waals surface area contributed by atoms with Crippen molar-refractivity contribution in [1.29, 1.82) is 0 Å². The molecule has 0 aliphatic rings. The predicted octanol–water partition coefficient (Wildman–Crippen LogP) is 3.37. The molecule has 0 bridgehead atoms. The maximum absolute atomic E-state index is 13.5. The highest BCUT2D eigenvalue weighted by Crippen LogP contribution is 2.30. The minimum absolute atomic E-state index is 0.192. The number of halogens is 2. The van der Waals surface area contributed by atoms with Crippen molar-refractivity contribution < 1.29 is 14.3 Å². The van der Waals surface area contributed by atoms with E-state index in [1.54, 1.807) is 13.8 Å². The van der Waals surface area contributed by atoms with Gasteiger partial charge in [-0.1, -0.05) is 18.5 Å². The molecule has 0 aliphatic heterocycles. The highest BCUT2D eigenvalue weighted by molar-refractivity contribution is 6.31. The number of carboxylic acids is 1. The second-order valence-electron chi connectivity index (χ2n) is 3.37. The van der Waals surface area contributed by atoms with Gasteiger partial charge in [-0.15, -0.1) is 0 Å². The summed E-state index contributed by atoms with van der Waals surface area (Å²) < 4.78 is 13.5. The van der Waals surface area contributed by atoms with Crippen LogP contribution in [-0.2, 0) is 4.79 Å². The molecule has 82 valence electrons. The summed E-state index contributed by atoms with van der Waals surface area (Å²) >= 11 is 5.83. The summed E-state index contributed by atoms with van der Waals surface area (Å²) in [5.41, 5.74) is 0.698. The topological polar surface area (TPSA) is 37.3 Å². The first-order valence-electron chi connectivity index (χ1n) is 4.66. The van der Waals surface area contributed by atoms with E-state index < -0.39 is 17.7 Å². The summed E-state index contributed by atoms with van der Waals surface area (Å²) in [5, 5.41) is 9.35. The normalized spacial score (nSPS) is 12.5. The first kappa shape index (κ1) is 12.0. The number of aliphatic carboxylic acids is 1. The van der Waals surface area contributed by atoms with Crippen molar-refractivity contribution in [1.82, 2.24) is 0 Å². The first-order valence-corrected chi connectivity index (χ1v) is 5.04. The molecule has 1 aromatic rings. The summed E-state index contributed by atoms with van der Waals surface area (Å²) in [4.78, 5) is 10.9. The molecule has 4 heteroatoms. The Bertz CT molecular complexity index is 390. The van der Waals surface area contributed by atoms with Crippen molar-refractivity contribution in [3.05, 3.63) is 34.1 Å². The lowest BCUT2D eigenvalue weighted by atomic mass is 9.92. The summed E-state index contributed by atoms with van der Waals surface area (Å²) in [6, 6.07) is 2.64. The van der Waals surface area contributed by atoms with Gasteiger partial charge < -0.3 is 5.11 Å². The van der Waals surface area contributed by atoms with E-state index in [-0.39, 0.29) is 5.56 Å². The van der Waals surface area contributed by atoms with Gasteiger partial charge in [-0.3, -0.25) is 4.79 Å². The highest BCUT2D eigenvalue weighted by Gasteiger charge is 2.24. The second kappa shape index (κ2) is 4.62. The molecule has 1 unspecified atom stereocenters. The van der Waals surface area contributed by atoms with Gasteiger partial charge in [0, 0.05) is 10.6 Å². The molecule has 2 nitrogen and oxygen atoms in total. The zero-order valence-corrected chi connectivity index (χ0v) is 9.31. The van der Waals surface area contributed by atoms with Gasteiger partial charge in [0.15, 0.2) is 0 Å². The quantitative estimate of drug-likeness (QED) is 0.865. The van der Waals surface area contributed by atoms with Crippen LogP contribution in [0.3, 0.4) is 0 Å². The third kappa shape index (κ3) is 2.29. The fourth-order valence-corrected chi connectivity index (χ4v) is 1.76. The molecule has 0 amide bonds. The molecule has 1 N–H and O–H groups in total. The number of benzene rings is 1. The van der Waals surface area contributed by atoms with E-state index in [4.69, 9.17) is 16.7 Å². The molecule has 1 rings (SSSR count). The van der Waals surface area contributed by atoms with Crippen LogP contribution in [0.4, 0.5) is 4.39 Å². The predicted molar refractivity (Wildman–Crippen MR) is 56.8 cm³/mol. The lowest BCUT2D eigenvalue weighted by Gasteiger charge is -2.15. The molecule has 0 aliphatic carbocycles. The van der Waals surface area contributed by atoms with E-state index >= 15 is 0 Å². The van der Waals surface area contributed by atoms with Crippen LogP contribution in [0.5, 0.6) is 0 Å². The molecule has 0 fully saturated rings. The molecular weight excluding hydrogens is 219 g/mol. The van der Waals surface area contributed by atoms with Gasteiger partial charge in [-0.05, 0) is 31.0 Å². The van der Waals surface area contributed by atoms with Crippen molar-refractivity contribution in [2.24, 2.45) is 0 Å². The summed E-state index contributed by atoms with van der Waals surface area (Å²) in [6.45, 7) is 3.34. The summed E-state index contributed by atoms with van der Waals surface area (Å²) in [6.07, 6.45) is 0.341. The maximum atomic E-state index is 13.5. The molecular formula is C11H12ClFO2. The van der Waals surface area contributed by atoms with Gasteiger partial charge in [-0.2, -0.15) is 0 Å². The van der Waals surface area contributed by atoms with Crippen LogP contribution in [-0.4, -0.2) is 11.1 Å².